The van der Waals surface area contributed by atoms with Gasteiger partial charge in [-0.3, -0.25) is 4.57 Å². The van der Waals surface area contributed by atoms with Crippen LogP contribution < -0.4 is 20.6 Å². The van der Waals surface area contributed by atoms with E-state index in [-0.39, 0.29) is 53.9 Å². The molecular formula is C26H27F2N5O6. The van der Waals surface area contributed by atoms with E-state index in [0.717, 1.165) is 12.1 Å². The predicted octanol–water partition coefficient (Wildman–Crippen LogP) is 3.61. The van der Waals surface area contributed by atoms with Gasteiger partial charge < -0.3 is 30.8 Å². The van der Waals surface area contributed by atoms with E-state index < -0.39 is 23.6 Å². The number of hydrazone groups is 1. The van der Waals surface area contributed by atoms with Crippen LogP contribution in [0.1, 0.15) is 33.2 Å². The summed E-state index contributed by atoms with van der Waals surface area (Å²) in [5, 5.41) is 25.0. The standard InChI is InChI=1S/C26H27F2N5O6/c1-15(13-39-23-11-21(30-2)18(26(36)37)10-20(23)28)12-38-22-8-16(17(25(34)35)9-19(22)27)4-3-5-24(32-29)33-7-6-31-14-33/h3,5-11,14-15,30H,4,12-13,29H2,1-2H3,(H,34,35)(H,36,37)/b5-3-,32-24+. The Morgan fingerprint density at radius 2 is 1.72 bits per heavy atom. The molecule has 0 aliphatic heterocycles. The number of hydrogen-bond donors (Lipinski definition) is 4. The van der Waals surface area contributed by atoms with Gasteiger partial charge in [-0.25, -0.2) is 23.4 Å². The number of imidazole rings is 1. The number of aromatic carboxylic acids is 2. The molecule has 0 spiro atoms. The summed E-state index contributed by atoms with van der Waals surface area (Å²) in [6, 6.07) is 4.28. The fraction of sp³-hybridized carbons (Fsp3) is 0.231. The number of benzene rings is 2. The SMILES string of the molecule is CNc1cc(OCC(C)COc2cc(C/C=C\C(=N/N)n3ccnc3)c(C(=O)O)cc2F)c(F)cc1C(=O)O. The van der Waals surface area contributed by atoms with Crippen molar-refractivity contribution in [2.75, 3.05) is 25.6 Å². The summed E-state index contributed by atoms with van der Waals surface area (Å²) in [5.74, 6) is 0.807. The quantitative estimate of drug-likeness (QED) is 0.116. The first-order valence-electron chi connectivity index (χ1n) is 11.6. The number of nitrogens with two attached hydrogens (primary N) is 1. The van der Waals surface area contributed by atoms with Gasteiger partial charge in [0.05, 0.1) is 30.0 Å². The summed E-state index contributed by atoms with van der Waals surface area (Å²) in [4.78, 5) is 26.8. The van der Waals surface area contributed by atoms with Gasteiger partial charge in [0, 0.05) is 31.4 Å². The van der Waals surface area contributed by atoms with Crippen molar-refractivity contribution in [3.8, 4) is 11.5 Å². The molecule has 206 valence electrons. The van der Waals surface area contributed by atoms with Gasteiger partial charge in [-0.2, -0.15) is 5.10 Å². The van der Waals surface area contributed by atoms with Gasteiger partial charge in [0.25, 0.3) is 0 Å². The smallest absolute Gasteiger partial charge is 0.337 e. The summed E-state index contributed by atoms with van der Waals surface area (Å²) >= 11 is 0. The van der Waals surface area contributed by atoms with Crippen molar-refractivity contribution in [2.45, 2.75) is 13.3 Å². The molecule has 11 nitrogen and oxygen atoms in total. The molecule has 1 unspecified atom stereocenters. The van der Waals surface area contributed by atoms with Crippen LogP contribution >= 0.6 is 0 Å². The molecule has 0 aliphatic rings. The molecule has 3 aromatic rings. The molecule has 5 N–H and O–H groups in total. The van der Waals surface area contributed by atoms with Crippen molar-refractivity contribution in [3.63, 3.8) is 0 Å². The third kappa shape index (κ3) is 7.31. The van der Waals surface area contributed by atoms with Gasteiger partial charge in [-0.05, 0) is 36.3 Å². The second kappa shape index (κ2) is 13.0. The van der Waals surface area contributed by atoms with Gasteiger partial charge in [0.15, 0.2) is 29.0 Å². The highest BCUT2D eigenvalue weighted by atomic mass is 19.1. The second-order valence-corrected chi connectivity index (χ2v) is 8.42. The van der Waals surface area contributed by atoms with Crippen LogP contribution in [0.3, 0.4) is 0 Å². The zero-order valence-electron chi connectivity index (χ0n) is 21.1. The molecule has 0 bridgehead atoms. The maximum absolute atomic E-state index is 14.6. The lowest BCUT2D eigenvalue weighted by molar-refractivity contribution is 0.0685. The molecule has 0 saturated heterocycles. The first-order valence-corrected chi connectivity index (χ1v) is 11.6. The van der Waals surface area contributed by atoms with Crippen LogP contribution in [0.2, 0.25) is 0 Å². The Hall–Kier alpha value is -4.94. The van der Waals surface area contributed by atoms with Crippen molar-refractivity contribution >= 4 is 23.5 Å². The number of anilines is 1. The molecular weight excluding hydrogens is 516 g/mol. The topological polar surface area (TPSA) is 161 Å². The number of nitrogens with one attached hydrogen (secondary N) is 1. The number of aromatic nitrogens is 2. The van der Waals surface area contributed by atoms with E-state index in [0.29, 0.717) is 11.4 Å². The molecule has 3 rings (SSSR count). The lowest BCUT2D eigenvalue weighted by atomic mass is 10.0. The first kappa shape index (κ1) is 28.6. The van der Waals surface area contributed by atoms with Crippen LogP contribution in [0.15, 0.2) is 60.2 Å². The Labute approximate surface area is 222 Å². The van der Waals surface area contributed by atoms with Crippen molar-refractivity contribution in [3.05, 3.63) is 83.5 Å². The second-order valence-electron chi connectivity index (χ2n) is 8.42. The Balaban J connectivity index is 1.67. The first-order chi connectivity index (χ1) is 18.6. The maximum atomic E-state index is 14.6. The highest BCUT2D eigenvalue weighted by Crippen LogP contribution is 2.27. The van der Waals surface area contributed by atoms with Crippen LogP contribution in [0.4, 0.5) is 14.5 Å². The molecule has 13 heteroatoms. The number of ether oxygens (including phenoxy) is 2. The summed E-state index contributed by atoms with van der Waals surface area (Å²) in [6.07, 6.45) is 7.97. The molecule has 0 saturated carbocycles. The van der Waals surface area contributed by atoms with E-state index in [1.54, 1.807) is 36.0 Å². The highest BCUT2D eigenvalue weighted by molar-refractivity contribution is 5.95. The lowest BCUT2D eigenvalue weighted by Gasteiger charge is -2.17. The Kier molecular flexibility index (Phi) is 9.57. The van der Waals surface area contributed by atoms with Crippen molar-refractivity contribution in [1.29, 1.82) is 0 Å². The highest BCUT2D eigenvalue weighted by Gasteiger charge is 2.18. The molecule has 1 atom stereocenters. The molecule has 1 aromatic heterocycles. The average Bonchev–Trinajstić information content (AvgIpc) is 3.44. The summed E-state index contributed by atoms with van der Waals surface area (Å²) in [6.45, 7) is 1.67. The number of carboxylic acids is 2. The van der Waals surface area contributed by atoms with Gasteiger partial charge in [-0.15, -0.1) is 0 Å². The van der Waals surface area contributed by atoms with Crippen LogP contribution in [0.25, 0.3) is 0 Å². The Morgan fingerprint density at radius 1 is 1.10 bits per heavy atom. The number of nitrogens with zero attached hydrogens (tertiary/aromatic N) is 3. The Bertz CT molecular complexity index is 1390. The molecule has 1 heterocycles. The molecule has 39 heavy (non-hydrogen) atoms. The van der Waals surface area contributed by atoms with Gasteiger partial charge in [0.2, 0.25) is 0 Å². The van der Waals surface area contributed by atoms with Crippen LogP contribution in [-0.2, 0) is 6.42 Å². The zero-order valence-corrected chi connectivity index (χ0v) is 21.1. The van der Waals surface area contributed by atoms with Crippen molar-refractivity contribution in [2.24, 2.45) is 16.9 Å². The van der Waals surface area contributed by atoms with E-state index in [4.69, 9.17) is 15.3 Å². The van der Waals surface area contributed by atoms with E-state index >= 15 is 0 Å². The Morgan fingerprint density at radius 3 is 2.26 bits per heavy atom. The minimum absolute atomic E-state index is 0.0215. The minimum Gasteiger partial charge on any atom is -0.490 e. The number of rotatable bonds is 12. The van der Waals surface area contributed by atoms with Crippen LogP contribution in [-0.4, -0.2) is 57.8 Å². The third-order valence-corrected chi connectivity index (χ3v) is 5.51. The normalized spacial score (nSPS) is 12.4. The molecule has 0 amide bonds. The van der Waals surface area contributed by atoms with Crippen molar-refractivity contribution in [1.82, 2.24) is 9.55 Å². The minimum atomic E-state index is -1.30. The maximum Gasteiger partial charge on any atom is 0.337 e. The fourth-order valence-corrected chi connectivity index (χ4v) is 3.52. The number of hydrogen-bond acceptors (Lipinski definition) is 8. The van der Waals surface area contributed by atoms with Gasteiger partial charge in [0.1, 0.15) is 6.33 Å². The van der Waals surface area contributed by atoms with Crippen LogP contribution in [0.5, 0.6) is 11.5 Å². The van der Waals surface area contributed by atoms with Gasteiger partial charge >= 0.3 is 11.9 Å². The number of allylic oxidation sites excluding steroid dienone is 2. The van der Waals surface area contributed by atoms with Crippen molar-refractivity contribution < 1.29 is 38.1 Å². The molecule has 0 fully saturated rings. The number of halogens is 2. The van der Waals surface area contributed by atoms with E-state index in [1.807, 2.05) is 0 Å². The summed E-state index contributed by atoms with van der Waals surface area (Å²) in [7, 11) is 1.50. The fourth-order valence-electron chi connectivity index (χ4n) is 3.52. The van der Waals surface area contributed by atoms with Crippen LogP contribution in [0, 0.1) is 17.6 Å². The van der Waals surface area contributed by atoms with E-state index in [9.17, 15) is 28.6 Å². The number of carboxylic acid groups (broad SMARTS) is 2. The summed E-state index contributed by atoms with van der Waals surface area (Å²) in [5.41, 5.74) is 0.00870. The van der Waals surface area contributed by atoms with E-state index in [1.165, 1.54) is 25.5 Å². The number of carbonyl (C=O) groups is 2. The summed E-state index contributed by atoms with van der Waals surface area (Å²) < 4.78 is 41.6. The average molecular weight is 544 g/mol. The van der Waals surface area contributed by atoms with E-state index in [2.05, 4.69) is 15.4 Å². The van der Waals surface area contributed by atoms with Gasteiger partial charge in [-0.1, -0.05) is 13.0 Å². The molecule has 0 aliphatic carbocycles. The monoisotopic (exact) mass is 543 g/mol. The third-order valence-electron chi connectivity index (χ3n) is 5.51. The largest absolute Gasteiger partial charge is 0.490 e. The lowest BCUT2D eigenvalue weighted by Crippen LogP contribution is -2.18. The predicted molar refractivity (Wildman–Crippen MR) is 139 cm³/mol. The zero-order chi connectivity index (χ0) is 28.5. The molecule has 2 aromatic carbocycles. The molecule has 0 radical (unpaired) electrons.